The fraction of sp³-hybridized carbons (Fsp3) is 0.444. The number of amides is 1. The minimum Gasteiger partial charge on any atom is -0.322 e. The Bertz CT molecular complexity index is 854. The molecule has 0 unspecified atom stereocenters. The lowest BCUT2D eigenvalue weighted by Gasteiger charge is -2.12. The first kappa shape index (κ1) is 23.5. The van der Waals surface area contributed by atoms with E-state index in [2.05, 4.69) is 24.3 Å². The number of rotatable bonds is 2. The zero-order valence-electron chi connectivity index (χ0n) is 16.2. The topological polar surface area (TPSA) is 46.9 Å². The van der Waals surface area contributed by atoms with Crippen molar-refractivity contribution in [2.75, 3.05) is 5.32 Å². The fourth-order valence-electron chi connectivity index (χ4n) is 2.38. The maximum Gasteiger partial charge on any atom is 0.487 e. The Balaban J connectivity index is 0.000000416. The van der Waals surface area contributed by atoms with Crippen LogP contribution in [0.25, 0.3) is 0 Å². The van der Waals surface area contributed by atoms with Crippen molar-refractivity contribution in [1.82, 2.24) is 9.78 Å². The van der Waals surface area contributed by atoms with Crippen molar-refractivity contribution in [3.63, 3.8) is 0 Å². The van der Waals surface area contributed by atoms with E-state index in [1.807, 2.05) is 40.0 Å². The molecule has 0 aliphatic carbocycles. The number of aryl methyl sites for hydroxylation is 3. The summed E-state index contributed by atoms with van der Waals surface area (Å²) in [5.74, 6) is -0.0977. The van der Waals surface area contributed by atoms with Crippen LogP contribution in [0.3, 0.4) is 0 Å². The van der Waals surface area contributed by atoms with E-state index < -0.39 is 12.4 Å². The van der Waals surface area contributed by atoms with Gasteiger partial charge in [0.25, 0.3) is 5.91 Å². The number of nitrogens with zero attached hydrogens (tertiary/aromatic N) is 2. The lowest BCUT2D eigenvalue weighted by atomic mass is 10.0. The molecule has 2 rings (SSSR count). The number of anilines is 1. The second kappa shape index (κ2) is 8.24. The molecule has 10 heteroatoms. The van der Waals surface area contributed by atoms with Gasteiger partial charge in [0.2, 0.25) is 0 Å². The van der Waals surface area contributed by atoms with Crippen LogP contribution in [0.2, 0.25) is 0 Å². The van der Waals surface area contributed by atoms with E-state index in [4.69, 9.17) is 0 Å². The molecule has 1 aromatic carbocycles. The van der Waals surface area contributed by atoms with Crippen molar-refractivity contribution in [2.24, 2.45) is 7.05 Å². The Morgan fingerprint density at radius 2 is 1.43 bits per heavy atom. The van der Waals surface area contributed by atoms with Gasteiger partial charge in [-0.05, 0) is 57.4 Å². The van der Waals surface area contributed by atoms with Gasteiger partial charge in [-0.2, -0.15) is 31.4 Å². The number of alkyl halides is 6. The molecule has 2 aromatic rings. The third kappa shape index (κ3) is 5.26. The average molecular weight is 409 g/mol. The molecule has 0 fully saturated rings. The summed E-state index contributed by atoms with van der Waals surface area (Å²) >= 11 is 0. The van der Waals surface area contributed by atoms with Crippen LogP contribution < -0.4 is 5.32 Å². The normalized spacial score (nSPS) is 11.7. The molecule has 0 spiro atoms. The van der Waals surface area contributed by atoms with Gasteiger partial charge in [-0.15, -0.1) is 0 Å². The average Bonchev–Trinajstić information content (AvgIpc) is 2.79. The van der Waals surface area contributed by atoms with Gasteiger partial charge in [0.05, 0.1) is 11.3 Å². The highest BCUT2D eigenvalue weighted by atomic mass is 19.5. The maximum absolute atomic E-state index is 12.5. The summed E-state index contributed by atoms with van der Waals surface area (Å²) in [6.07, 6.45) is -12.1. The van der Waals surface area contributed by atoms with Gasteiger partial charge in [-0.25, -0.2) is 0 Å². The van der Waals surface area contributed by atoms with Crippen LogP contribution in [0.1, 0.15) is 38.4 Å². The highest BCUT2D eigenvalue weighted by molar-refractivity contribution is 6.06. The highest BCUT2D eigenvalue weighted by Crippen LogP contribution is 2.35. The van der Waals surface area contributed by atoms with Gasteiger partial charge in [-0.3, -0.25) is 9.48 Å². The van der Waals surface area contributed by atoms with Crippen molar-refractivity contribution < 1.29 is 31.1 Å². The van der Waals surface area contributed by atoms with E-state index in [1.54, 1.807) is 4.68 Å². The van der Waals surface area contributed by atoms with Gasteiger partial charge in [0.15, 0.2) is 0 Å². The largest absolute Gasteiger partial charge is 0.487 e. The molecule has 156 valence electrons. The highest BCUT2D eigenvalue weighted by Gasteiger charge is 2.58. The molecule has 0 saturated carbocycles. The Kier molecular flexibility index (Phi) is 6.92. The summed E-state index contributed by atoms with van der Waals surface area (Å²) in [6.45, 7) is 9.93. The molecular weight excluding hydrogens is 388 g/mol. The van der Waals surface area contributed by atoms with Crippen LogP contribution in [0.15, 0.2) is 12.1 Å². The van der Waals surface area contributed by atoms with E-state index in [0.717, 1.165) is 22.6 Å². The first-order valence-electron chi connectivity index (χ1n) is 8.09. The van der Waals surface area contributed by atoms with E-state index in [0.29, 0.717) is 5.56 Å². The number of hydrogen-bond donors (Lipinski definition) is 1. The molecule has 1 aromatic heterocycles. The first-order valence-corrected chi connectivity index (χ1v) is 8.09. The minimum atomic E-state index is -6.06. The molecular formula is C18H21F6N3O. The van der Waals surface area contributed by atoms with Crippen molar-refractivity contribution >= 4 is 11.6 Å². The second-order valence-electron chi connectivity index (χ2n) is 6.30. The number of benzene rings is 1. The maximum atomic E-state index is 12.5. The molecule has 1 heterocycles. The van der Waals surface area contributed by atoms with E-state index in [9.17, 15) is 31.1 Å². The molecule has 0 aliphatic heterocycles. The van der Waals surface area contributed by atoms with Crippen LogP contribution >= 0.6 is 0 Å². The number of carbonyl (C=O) groups is 1. The first-order chi connectivity index (χ1) is 12.6. The summed E-state index contributed by atoms with van der Waals surface area (Å²) in [7, 11) is 1.85. The predicted octanol–water partition coefficient (Wildman–Crippen LogP) is 5.33. The van der Waals surface area contributed by atoms with Crippen LogP contribution in [-0.4, -0.2) is 28.0 Å². The molecule has 28 heavy (non-hydrogen) atoms. The van der Waals surface area contributed by atoms with Crippen LogP contribution in [-0.2, 0) is 7.05 Å². The zero-order chi connectivity index (χ0) is 22.0. The Morgan fingerprint density at radius 1 is 0.929 bits per heavy atom. The van der Waals surface area contributed by atoms with Crippen LogP contribution in [0.4, 0.5) is 32.0 Å². The van der Waals surface area contributed by atoms with Gasteiger partial charge in [0, 0.05) is 18.4 Å². The zero-order valence-corrected chi connectivity index (χ0v) is 16.2. The predicted molar refractivity (Wildman–Crippen MR) is 93.4 cm³/mol. The minimum absolute atomic E-state index is 0.0977. The Labute approximate surface area is 158 Å². The Hall–Kier alpha value is -2.52. The summed E-state index contributed by atoms with van der Waals surface area (Å²) < 4.78 is 64.4. The number of carbonyl (C=O) groups excluding carboxylic acids is 1. The van der Waals surface area contributed by atoms with Gasteiger partial charge < -0.3 is 5.32 Å². The molecule has 0 radical (unpaired) electrons. The smallest absolute Gasteiger partial charge is 0.322 e. The quantitative estimate of drug-likeness (QED) is 0.682. The summed E-state index contributed by atoms with van der Waals surface area (Å²) in [4.78, 5) is 12.5. The third-order valence-electron chi connectivity index (χ3n) is 4.36. The van der Waals surface area contributed by atoms with Crippen molar-refractivity contribution in [3.05, 3.63) is 45.8 Å². The second-order valence-corrected chi connectivity index (χ2v) is 6.30. The number of aromatic nitrogens is 2. The molecule has 0 aliphatic rings. The molecule has 4 nitrogen and oxygen atoms in total. The third-order valence-corrected chi connectivity index (χ3v) is 4.36. The summed E-state index contributed by atoms with van der Waals surface area (Å²) in [5, 5.41) is 7.28. The van der Waals surface area contributed by atoms with Crippen molar-refractivity contribution in [3.8, 4) is 0 Å². The molecule has 1 N–H and O–H groups in total. The SMILES string of the molecule is Cc1ccc(NC(=O)c2c(C)nn(C)c2C)c(C)c1C.FC(F)(F)C(F)(F)F. The fourth-order valence-corrected chi connectivity index (χ4v) is 2.38. The van der Waals surface area contributed by atoms with Gasteiger partial charge in [0.1, 0.15) is 0 Å². The number of hydrogen-bond acceptors (Lipinski definition) is 2. The number of nitrogens with one attached hydrogen (secondary N) is 1. The monoisotopic (exact) mass is 409 g/mol. The summed E-state index contributed by atoms with van der Waals surface area (Å²) in [6, 6.07) is 3.98. The van der Waals surface area contributed by atoms with Crippen LogP contribution in [0.5, 0.6) is 0 Å². The van der Waals surface area contributed by atoms with E-state index >= 15 is 0 Å². The van der Waals surface area contributed by atoms with Gasteiger partial charge >= 0.3 is 12.4 Å². The van der Waals surface area contributed by atoms with Crippen molar-refractivity contribution in [2.45, 2.75) is 47.0 Å². The van der Waals surface area contributed by atoms with E-state index in [1.165, 1.54) is 11.1 Å². The van der Waals surface area contributed by atoms with Crippen LogP contribution in [0, 0.1) is 34.6 Å². The van der Waals surface area contributed by atoms with E-state index in [-0.39, 0.29) is 5.91 Å². The lowest BCUT2D eigenvalue weighted by Crippen LogP contribution is -2.30. The summed E-state index contributed by atoms with van der Waals surface area (Å²) in [5.41, 5.74) is 6.70. The molecule has 1 amide bonds. The Morgan fingerprint density at radius 3 is 1.82 bits per heavy atom. The standard InChI is InChI=1S/C16H21N3O.C2F6/c1-9-7-8-14(11(3)10(9)2)17-16(20)15-12(4)18-19(6)13(15)5;3-1(4,5)2(6,7)8/h7-8H,1-6H3,(H,17,20);. The van der Waals surface area contributed by atoms with Crippen molar-refractivity contribution in [1.29, 1.82) is 0 Å². The molecule has 0 bridgehead atoms. The molecule has 0 atom stereocenters. The lowest BCUT2D eigenvalue weighted by molar-refractivity contribution is -0.339. The molecule has 0 saturated heterocycles. The number of halogens is 6. The van der Waals surface area contributed by atoms with Gasteiger partial charge in [-0.1, -0.05) is 6.07 Å².